The molecule has 0 saturated heterocycles. The van der Waals surface area contributed by atoms with Gasteiger partial charge in [0.15, 0.2) is 0 Å². The van der Waals surface area contributed by atoms with Crippen LogP contribution in [0.1, 0.15) is 62.0 Å². The normalized spacial score (nSPS) is 20.4. The number of aliphatic carboxylic acids is 1. The van der Waals surface area contributed by atoms with Crippen LogP contribution in [0.4, 0.5) is 5.69 Å². The average Bonchev–Trinajstić information content (AvgIpc) is 3.17. The second-order valence-electron chi connectivity index (χ2n) is 10.8. The van der Waals surface area contributed by atoms with E-state index in [1.54, 1.807) is 0 Å². The second-order valence-corrected chi connectivity index (χ2v) is 10.8. The zero-order chi connectivity index (χ0) is 23.2. The predicted octanol–water partition coefficient (Wildman–Crippen LogP) is 6.14. The van der Waals surface area contributed by atoms with Gasteiger partial charge in [-0.2, -0.15) is 0 Å². The van der Waals surface area contributed by atoms with Gasteiger partial charge in [-0.25, -0.2) is 0 Å². The number of rotatable bonds is 4. The van der Waals surface area contributed by atoms with Gasteiger partial charge < -0.3 is 14.7 Å². The monoisotopic (exact) mass is 443 g/mol. The van der Waals surface area contributed by atoms with Crippen molar-refractivity contribution in [2.24, 2.45) is 5.41 Å². The van der Waals surface area contributed by atoms with E-state index in [2.05, 4.69) is 80.3 Å². The Labute approximate surface area is 196 Å². The van der Waals surface area contributed by atoms with Gasteiger partial charge in [-0.3, -0.25) is 4.79 Å². The van der Waals surface area contributed by atoms with E-state index in [1.165, 1.54) is 34.2 Å². The maximum atomic E-state index is 11.8. The molecule has 0 radical (unpaired) electrons. The van der Waals surface area contributed by atoms with Crippen molar-refractivity contribution >= 4 is 22.4 Å². The van der Waals surface area contributed by atoms with Crippen molar-refractivity contribution < 1.29 is 14.6 Å². The van der Waals surface area contributed by atoms with E-state index in [9.17, 15) is 9.90 Å². The number of nitrogens with zero attached hydrogens (tertiary/aromatic N) is 1. The minimum Gasteiger partial charge on any atom is -0.481 e. The fraction of sp³-hybridized carbons (Fsp3) is 0.414. The molecule has 1 aliphatic heterocycles. The second kappa shape index (κ2) is 8.49. The first-order chi connectivity index (χ1) is 15.8. The molecule has 0 unspecified atom stereocenters. The van der Waals surface area contributed by atoms with Gasteiger partial charge in [0.2, 0.25) is 0 Å². The van der Waals surface area contributed by atoms with Crippen LogP contribution in [0.5, 0.6) is 0 Å². The Kier molecular flexibility index (Phi) is 5.65. The Morgan fingerprint density at radius 1 is 1.03 bits per heavy atom. The molecule has 5 rings (SSSR count). The Balaban J connectivity index is 1.71. The zero-order valence-electron chi connectivity index (χ0n) is 19.8. The zero-order valence-corrected chi connectivity index (χ0v) is 19.8. The number of ether oxygens (including phenoxy) is 1. The summed E-state index contributed by atoms with van der Waals surface area (Å²) < 4.78 is 6.72. The lowest BCUT2D eigenvalue weighted by Crippen LogP contribution is -2.39. The molecule has 0 bridgehead atoms. The van der Waals surface area contributed by atoms with E-state index in [4.69, 9.17) is 4.74 Å². The largest absolute Gasteiger partial charge is 0.481 e. The maximum absolute atomic E-state index is 11.8. The molecule has 1 heterocycles. The highest BCUT2D eigenvalue weighted by molar-refractivity contribution is 5.86. The maximum Gasteiger partial charge on any atom is 0.306 e. The molecule has 4 heteroatoms. The van der Waals surface area contributed by atoms with Crippen molar-refractivity contribution in [3.63, 3.8) is 0 Å². The van der Waals surface area contributed by atoms with Crippen LogP contribution in [0, 0.1) is 5.41 Å². The van der Waals surface area contributed by atoms with Crippen LogP contribution in [-0.4, -0.2) is 30.3 Å². The van der Waals surface area contributed by atoms with Gasteiger partial charge >= 0.3 is 5.97 Å². The fourth-order valence-corrected chi connectivity index (χ4v) is 5.52. The minimum atomic E-state index is -0.819. The van der Waals surface area contributed by atoms with E-state index >= 15 is 0 Å². The predicted molar refractivity (Wildman–Crippen MR) is 133 cm³/mol. The van der Waals surface area contributed by atoms with E-state index in [1.807, 2.05) is 0 Å². The minimum absolute atomic E-state index is 0.00435. The Morgan fingerprint density at radius 2 is 1.76 bits per heavy atom. The molecule has 0 spiro atoms. The number of carboxylic acids is 1. The first-order valence-electron chi connectivity index (χ1n) is 12.0. The average molecular weight is 444 g/mol. The highest BCUT2D eigenvalue weighted by Crippen LogP contribution is 2.43. The van der Waals surface area contributed by atoms with Crippen LogP contribution < -0.4 is 4.90 Å². The lowest BCUT2D eigenvalue weighted by Gasteiger charge is -2.33. The van der Waals surface area contributed by atoms with E-state index in [0.29, 0.717) is 6.54 Å². The van der Waals surface area contributed by atoms with E-state index < -0.39 is 12.1 Å². The molecule has 0 saturated carbocycles. The number of benzene rings is 3. The van der Waals surface area contributed by atoms with Gasteiger partial charge in [0.05, 0.1) is 12.5 Å². The number of carboxylic acid groups (broad SMARTS) is 1. The van der Waals surface area contributed by atoms with Crippen molar-refractivity contribution in [1.29, 1.82) is 0 Å². The lowest BCUT2D eigenvalue weighted by molar-refractivity contribution is -0.140. The molecule has 0 aromatic heterocycles. The topological polar surface area (TPSA) is 49.8 Å². The van der Waals surface area contributed by atoms with Crippen LogP contribution in [0.2, 0.25) is 0 Å². The van der Waals surface area contributed by atoms with E-state index in [0.717, 1.165) is 30.3 Å². The molecule has 2 aliphatic rings. The summed E-state index contributed by atoms with van der Waals surface area (Å²) in [6.07, 6.45) is 2.71. The number of aryl methyl sites for hydroxylation is 2. The van der Waals surface area contributed by atoms with Crippen molar-refractivity contribution in [3.05, 3.63) is 76.9 Å². The number of hydrogen-bond acceptors (Lipinski definition) is 3. The summed E-state index contributed by atoms with van der Waals surface area (Å²) in [5.41, 5.74) is 6.40. The van der Waals surface area contributed by atoms with Crippen LogP contribution in [0.25, 0.3) is 10.8 Å². The number of hydrogen-bond donors (Lipinski definition) is 1. The third-order valence-electron chi connectivity index (χ3n) is 6.79. The van der Waals surface area contributed by atoms with Crippen molar-refractivity contribution in [3.8, 4) is 0 Å². The first kappa shape index (κ1) is 22.0. The van der Waals surface area contributed by atoms with Crippen LogP contribution >= 0.6 is 0 Å². The quantitative estimate of drug-likeness (QED) is 0.526. The van der Waals surface area contributed by atoms with Crippen LogP contribution in [-0.2, 0) is 22.4 Å². The molecule has 4 nitrogen and oxygen atoms in total. The van der Waals surface area contributed by atoms with E-state index in [-0.39, 0.29) is 17.9 Å². The number of fused-ring (bicyclic) bond motifs is 3. The molecular weight excluding hydrogens is 410 g/mol. The molecule has 3 aromatic rings. The van der Waals surface area contributed by atoms with Gasteiger partial charge in [0.25, 0.3) is 0 Å². The highest BCUT2D eigenvalue weighted by atomic mass is 16.5. The molecule has 1 N–H and O–H groups in total. The highest BCUT2D eigenvalue weighted by Gasteiger charge is 2.34. The standard InChI is InChI=1S/C29H33NO3/c1-29(2,3)18-30-17-22(16-27(31)32)33-28(24-13-7-9-19-8-4-5-12-23(19)24)25-14-20-10-6-11-21(20)15-26(25)30/h4-5,7-9,12-15,22,28H,6,10-11,16-18H2,1-3H3,(H,31,32)/t22-,28-/m0/s1. The van der Waals surface area contributed by atoms with Gasteiger partial charge in [0.1, 0.15) is 6.10 Å². The molecule has 172 valence electrons. The van der Waals surface area contributed by atoms with Crippen LogP contribution in [0.15, 0.2) is 54.6 Å². The van der Waals surface area contributed by atoms with Gasteiger partial charge in [-0.05, 0) is 58.2 Å². The lowest BCUT2D eigenvalue weighted by atomic mass is 9.91. The summed E-state index contributed by atoms with van der Waals surface area (Å²) in [6, 6.07) is 19.5. The summed E-state index contributed by atoms with van der Waals surface area (Å²) in [5.74, 6) is -0.819. The van der Waals surface area contributed by atoms with Gasteiger partial charge in [-0.15, -0.1) is 0 Å². The Bertz CT molecular complexity index is 1190. The summed E-state index contributed by atoms with van der Waals surface area (Å²) in [7, 11) is 0. The van der Waals surface area contributed by atoms with Crippen molar-refractivity contribution in [1.82, 2.24) is 0 Å². The Morgan fingerprint density at radius 3 is 2.52 bits per heavy atom. The van der Waals surface area contributed by atoms with Gasteiger partial charge in [0, 0.05) is 24.3 Å². The number of carbonyl (C=O) groups is 1. The number of anilines is 1. The van der Waals surface area contributed by atoms with Gasteiger partial charge in [-0.1, -0.05) is 69.3 Å². The molecule has 3 aromatic carbocycles. The molecule has 1 aliphatic carbocycles. The Hall–Kier alpha value is -2.85. The first-order valence-corrected chi connectivity index (χ1v) is 12.0. The van der Waals surface area contributed by atoms with Crippen molar-refractivity contribution in [2.75, 3.05) is 18.0 Å². The molecular formula is C29H33NO3. The molecule has 2 atom stereocenters. The van der Waals surface area contributed by atoms with Crippen LogP contribution in [0.3, 0.4) is 0 Å². The molecule has 0 amide bonds. The SMILES string of the molecule is CC(C)(C)CN1C[C@H](CC(=O)O)O[C@@H](c2cccc3ccccc23)c2cc3c(cc21)CCC3. The van der Waals surface area contributed by atoms with Crippen molar-refractivity contribution in [2.45, 2.75) is 58.7 Å². The summed E-state index contributed by atoms with van der Waals surface area (Å²) in [5, 5.41) is 12.0. The molecule has 33 heavy (non-hydrogen) atoms. The fourth-order valence-electron chi connectivity index (χ4n) is 5.52. The summed E-state index contributed by atoms with van der Waals surface area (Å²) in [6.45, 7) is 8.14. The summed E-state index contributed by atoms with van der Waals surface area (Å²) >= 11 is 0. The third-order valence-corrected chi connectivity index (χ3v) is 6.79. The molecule has 0 fully saturated rings. The third kappa shape index (κ3) is 4.49. The summed E-state index contributed by atoms with van der Waals surface area (Å²) in [4.78, 5) is 14.1. The smallest absolute Gasteiger partial charge is 0.306 e.